The summed E-state index contributed by atoms with van der Waals surface area (Å²) in [5.74, 6) is -0.359. The standard InChI is InChI=1S/C17H23N3O4S/c1-25(23,24)17(8-10-18-11-9-17)16(22)20-14-6-4-13(5-7-14)19-15(21)12-2-3-12/h4-7,12,18H,2-3,8-11H2,1H3,(H,19,21)(H,20,22). The number of amides is 2. The van der Waals surface area contributed by atoms with Crippen LogP contribution in [0.1, 0.15) is 25.7 Å². The molecule has 0 atom stereocenters. The van der Waals surface area contributed by atoms with Gasteiger partial charge >= 0.3 is 0 Å². The van der Waals surface area contributed by atoms with Gasteiger partial charge in [0.15, 0.2) is 14.6 Å². The molecular weight excluding hydrogens is 342 g/mol. The van der Waals surface area contributed by atoms with Crippen LogP contribution in [0.3, 0.4) is 0 Å². The van der Waals surface area contributed by atoms with Crippen LogP contribution in [-0.2, 0) is 19.4 Å². The van der Waals surface area contributed by atoms with Crippen molar-refractivity contribution in [3.63, 3.8) is 0 Å². The topological polar surface area (TPSA) is 104 Å². The first-order valence-electron chi connectivity index (χ1n) is 8.44. The van der Waals surface area contributed by atoms with E-state index in [-0.39, 0.29) is 24.7 Å². The van der Waals surface area contributed by atoms with E-state index in [1.54, 1.807) is 24.3 Å². The van der Waals surface area contributed by atoms with Crippen molar-refractivity contribution in [3.05, 3.63) is 24.3 Å². The summed E-state index contributed by atoms with van der Waals surface area (Å²) in [6.07, 6.45) is 3.50. The molecule has 1 aromatic rings. The molecule has 7 nitrogen and oxygen atoms in total. The van der Waals surface area contributed by atoms with Crippen LogP contribution in [-0.4, -0.2) is 44.3 Å². The number of benzene rings is 1. The Morgan fingerprint density at radius 3 is 2.04 bits per heavy atom. The average molecular weight is 365 g/mol. The molecule has 0 bridgehead atoms. The number of nitrogens with one attached hydrogen (secondary N) is 3. The lowest BCUT2D eigenvalue weighted by molar-refractivity contribution is -0.119. The summed E-state index contributed by atoms with van der Waals surface area (Å²) in [6.45, 7) is 0.985. The van der Waals surface area contributed by atoms with Crippen LogP contribution in [0.25, 0.3) is 0 Å². The molecule has 0 spiro atoms. The quantitative estimate of drug-likeness (QED) is 0.726. The van der Waals surface area contributed by atoms with Crippen molar-refractivity contribution >= 4 is 33.0 Å². The minimum atomic E-state index is -3.54. The summed E-state index contributed by atoms with van der Waals surface area (Å²) in [7, 11) is -3.54. The van der Waals surface area contributed by atoms with Gasteiger partial charge in [-0.2, -0.15) is 0 Å². The van der Waals surface area contributed by atoms with E-state index in [0.717, 1.165) is 19.1 Å². The summed E-state index contributed by atoms with van der Waals surface area (Å²) in [5.41, 5.74) is 1.17. The monoisotopic (exact) mass is 365 g/mol. The van der Waals surface area contributed by atoms with Crippen molar-refractivity contribution in [2.24, 2.45) is 5.92 Å². The first-order chi connectivity index (χ1) is 11.8. The molecule has 136 valence electrons. The highest BCUT2D eigenvalue weighted by Gasteiger charge is 2.48. The highest BCUT2D eigenvalue weighted by atomic mass is 32.2. The van der Waals surface area contributed by atoms with Crippen LogP contribution in [0, 0.1) is 5.92 Å². The lowest BCUT2D eigenvalue weighted by atomic mass is 9.95. The van der Waals surface area contributed by atoms with Crippen LogP contribution >= 0.6 is 0 Å². The molecule has 1 aliphatic carbocycles. The first kappa shape index (κ1) is 17.9. The number of carbonyl (C=O) groups is 2. The molecule has 3 rings (SSSR count). The molecule has 0 unspecified atom stereocenters. The summed E-state index contributed by atoms with van der Waals surface area (Å²) >= 11 is 0. The number of anilines is 2. The lowest BCUT2D eigenvalue weighted by Crippen LogP contribution is -2.55. The van der Waals surface area contributed by atoms with Crippen molar-refractivity contribution < 1.29 is 18.0 Å². The second-order valence-corrected chi connectivity index (χ2v) is 9.14. The molecule has 0 radical (unpaired) electrons. The number of sulfone groups is 1. The van der Waals surface area contributed by atoms with E-state index >= 15 is 0 Å². The fourth-order valence-electron chi connectivity index (χ4n) is 3.07. The highest BCUT2D eigenvalue weighted by molar-refractivity contribution is 7.92. The third kappa shape index (κ3) is 3.85. The molecule has 1 saturated heterocycles. The van der Waals surface area contributed by atoms with E-state index in [4.69, 9.17) is 0 Å². The second kappa shape index (κ2) is 6.76. The molecule has 25 heavy (non-hydrogen) atoms. The van der Waals surface area contributed by atoms with Gasteiger partial charge in [0.05, 0.1) is 0 Å². The Kier molecular flexibility index (Phi) is 4.83. The molecule has 2 amide bonds. The van der Waals surface area contributed by atoms with Crippen molar-refractivity contribution in [2.75, 3.05) is 30.0 Å². The fraction of sp³-hybridized carbons (Fsp3) is 0.529. The van der Waals surface area contributed by atoms with Crippen molar-refractivity contribution in [2.45, 2.75) is 30.4 Å². The smallest absolute Gasteiger partial charge is 0.245 e. The second-order valence-electron chi connectivity index (χ2n) is 6.81. The van der Waals surface area contributed by atoms with E-state index in [0.29, 0.717) is 24.5 Å². The average Bonchev–Trinajstić information content (AvgIpc) is 3.41. The Bertz CT molecular complexity index is 764. The third-order valence-corrected chi connectivity index (χ3v) is 6.91. The van der Waals surface area contributed by atoms with Gasteiger partial charge in [-0.1, -0.05) is 0 Å². The molecular formula is C17H23N3O4S. The van der Waals surface area contributed by atoms with Crippen LogP contribution in [0.15, 0.2) is 24.3 Å². The summed E-state index contributed by atoms with van der Waals surface area (Å²) in [4.78, 5) is 24.5. The zero-order valence-electron chi connectivity index (χ0n) is 14.2. The van der Waals surface area contributed by atoms with Crippen LogP contribution in [0.4, 0.5) is 11.4 Å². The largest absolute Gasteiger partial charge is 0.326 e. The zero-order valence-corrected chi connectivity index (χ0v) is 15.0. The fourth-order valence-corrected chi connectivity index (χ4v) is 4.40. The molecule has 1 heterocycles. The van der Waals surface area contributed by atoms with E-state index in [9.17, 15) is 18.0 Å². The maximum Gasteiger partial charge on any atom is 0.245 e. The van der Waals surface area contributed by atoms with Gasteiger partial charge in [0.25, 0.3) is 0 Å². The highest BCUT2D eigenvalue weighted by Crippen LogP contribution is 2.31. The van der Waals surface area contributed by atoms with Gasteiger partial charge in [0.2, 0.25) is 11.8 Å². The molecule has 8 heteroatoms. The van der Waals surface area contributed by atoms with E-state index in [2.05, 4.69) is 16.0 Å². The minimum absolute atomic E-state index is 0.0162. The number of rotatable bonds is 5. The van der Waals surface area contributed by atoms with Crippen molar-refractivity contribution in [1.29, 1.82) is 0 Å². The lowest BCUT2D eigenvalue weighted by Gasteiger charge is -2.34. The summed E-state index contributed by atoms with van der Waals surface area (Å²) < 4.78 is 23.1. The van der Waals surface area contributed by atoms with E-state index in [1.807, 2.05) is 0 Å². The molecule has 0 aromatic heterocycles. The molecule has 3 N–H and O–H groups in total. The number of hydrogen-bond donors (Lipinski definition) is 3. The number of carbonyl (C=O) groups excluding carboxylic acids is 2. The number of hydrogen-bond acceptors (Lipinski definition) is 5. The van der Waals surface area contributed by atoms with Gasteiger partial charge in [-0.05, 0) is 63.0 Å². The van der Waals surface area contributed by atoms with Gasteiger partial charge in [-0.3, -0.25) is 9.59 Å². The third-order valence-electron chi connectivity index (χ3n) is 4.89. The van der Waals surface area contributed by atoms with Crippen LogP contribution in [0.2, 0.25) is 0 Å². The van der Waals surface area contributed by atoms with E-state index < -0.39 is 20.5 Å². The normalized spacial score (nSPS) is 19.9. The van der Waals surface area contributed by atoms with Gasteiger partial charge < -0.3 is 16.0 Å². The molecule has 1 aromatic carbocycles. The maximum absolute atomic E-state index is 12.7. The predicted molar refractivity (Wildman–Crippen MR) is 96.1 cm³/mol. The zero-order chi connectivity index (χ0) is 18.1. The molecule has 1 aliphatic heterocycles. The van der Waals surface area contributed by atoms with Gasteiger partial charge in [-0.25, -0.2) is 8.42 Å². The van der Waals surface area contributed by atoms with Crippen LogP contribution < -0.4 is 16.0 Å². The van der Waals surface area contributed by atoms with E-state index in [1.165, 1.54) is 0 Å². The van der Waals surface area contributed by atoms with Gasteiger partial charge in [-0.15, -0.1) is 0 Å². The SMILES string of the molecule is CS(=O)(=O)C1(C(=O)Nc2ccc(NC(=O)C3CC3)cc2)CCNCC1. The first-order valence-corrected chi connectivity index (χ1v) is 10.3. The Balaban J connectivity index is 1.70. The molecule has 2 aliphatic rings. The van der Waals surface area contributed by atoms with Gasteiger partial charge in [0.1, 0.15) is 0 Å². The van der Waals surface area contributed by atoms with Crippen molar-refractivity contribution in [3.8, 4) is 0 Å². The maximum atomic E-state index is 12.7. The Hall–Kier alpha value is -1.93. The van der Waals surface area contributed by atoms with Crippen molar-refractivity contribution in [1.82, 2.24) is 5.32 Å². The summed E-state index contributed by atoms with van der Waals surface area (Å²) in [5, 5.41) is 8.63. The van der Waals surface area contributed by atoms with Crippen LogP contribution in [0.5, 0.6) is 0 Å². The molecule has 1 saturated carbocycles. The molecule has 2 fully saturated rings. The summed E-state index contributed by atoms with van der Waals surface area (Å²) in [6, 6.07) is 6.73. The Labute approximate surface area is 147 Å². The Morgan fingerprint density at radius 2 is 1.56 bits per heavy atom. The minimum Gasteiger partial charge on any atom is -0.326 e. The Morgan fingerprint density at radius 1 is 1.04 bits per heavy atom. The van der Waals surface area contributed by atoms with Gasteiger partial charge in [0, 0.05) is 23.5 Å². The predicted octanol–water partition coefficient (Wildman–Crippen LogP) is 1.14. The number of piperidine rings is 1.